The van der Waals surface area contributed by atoms with Gasteiger partial charge in [0.15, 0.2) is 0 Å². The fourth-order valence-corrected chi connectivity index (χ4v) is 2.46. The highest BCUT2D eigenvalue weighted by Crippen LogP contribution is 2.20. The molecule has 0 aliphatic heterocycles. The van der Waals surface area contributed by atoms with Crippen molar-refractivity contribution in [2.45, 2.75) is 6.54 Å². The van der Waals surface area contributed by atoms with Crippen LogP contribution in [0.2, 0.25) is 0 Å². The summed E-state index contributed by atoms with van der Waals surface area (Å²) < 4.78 is 16.0. The number of halogens is 2. The van der Waals surface area contributed by atoms with Crippen molar-refractivity contribution >= 4 is 27.5 Å². The Kier molecular flexibility index (Phi) is 4.52. The van der Waals surface area contributed by atoms with E-state index in [2.05, 4.69) is 26.3 Å². The van der Waals surface area contributed by atoms with Crippen LogP contribution in [0.1, 0.15) is 15.9 Å². The summed E-state index contributed by atoms with van der Waals surface area (Å²) in [6, 6.07) is 14.3. The zero-order valence-corrected chi connectivity index (χ0v) is 13.6. The van der Waals surface area contributed by atoms with Crippen molar-refractivity contribution in [3.63, 3.8) is 0 Å². The second-order valence-corrected chi connectivity index (χ2v) is 5.91. The molecule has 0 saturated carbocycles. The lowest BCUT2D eigenvalue weighted by Gasteiger charge is -2.05. The van der Waals surface area contributed by atoms with Gasteiger partial charge in [-0.3, -0.25) is 9.48 Å². The fourth-order valence-electron chi connectivity index (χ4n) is 2.12. The van der Waals surface area contributed by atoms with E-state index in [4.69, 9.17) is 0 Å². The summed E-state index contributed by atoms with van der Waals surface area (Å²) in [4.78, 5) is 12.2. The quantitative estimate of drug-likeness (QED) is 0.748. The molecular weight excluding hydrogens is 361 g/mol. The molecule has 116 valence electrons. The molecule has 1 aromatic heterocycles. The molecule has 1 heterocycles. The number of amides is 1. The number of benzene rings is 2. The Morgan fingerprint density at radius 1 is 1.22 bits per heavy atom. The van der Waals surface area contributed by atoms with Gasteiger partial charge in [-0.25, -0.2) is 4.39 Å². The SMILES string of the molecule is O=C(Nc1ccc(Br)cc1F)c1cnn(Cc2ccccc2)c1. The summed E-state index contributed by atoms with van der Waals surface area (Å²) in [5.74, 6) is -0.894. The molecule has 3 rings (SSSR count). The molecular formula is C17H13BrFN3O. The maximum Gasteiger partial charge on any atom is 0.258 e. The molecule has 0 unspecified atom stereocenters. The zero-order valence-electron chi connectivity index (χ0n) is 12.0. The van der Waals surface area contributed by atoms with Gasteiger partial charge in [-0.2, -0.15) is 5.10 Å². The second-order valence-electron chi connectivity index (χ2n) is 4.99. The minimum absolute atomic E-state index is 0.133. The minimum Gasteiger partial charge on any atom is -0.319 e. The van der Waals surface area contributed by atoms with E-state index in [9.17, 15) is 9.18 Å². The van der Waals surface area contributed by atoms with Crippen molar-refractivity contribution in [3.05, 3.63) is 82.3 Å². The van der Waals surface area contributed by atoms with Crippen molar-refractivity contribution in [2.24, 2.45) is 0 Å². The number of carbonyl (C=O) groups is 1. The summed E-state index contributed by atoms with van der Waals surface area (Å²) in [5, 5.41) is 6.71. The van der Waals surface area contributed by atoms with Gasteiger partial charge in [0.2, 0.25) is 0 Å². The van der Waals surface area contributed by atoms with Crippen LogP contribution in [0.4, 0.5) is 10.1 Å². The molecule has 0 fully saturated rings. The van der Waals surface area contributed by atoms with Gasteiger partial charge in [0.1, 0.15) is 5.82 Å². The lowest BCUT2D eigenvalue weighted by Crippen LogP contribution is -2.12. The normalized spacial score (nSPS) is 10.5. The van der Waals surface area contributed by atoms with Crippen LogP contribution < -0.4 is 5.32 Å². The molecule has 0 aliphatic carbocycles. The van der Waals surface area contributed by atoms with Crippen molar-refractivity contribution in [1.29, 1.82) is 0 Å². The average Bonchev–Trinajstić information content (AvgIpc) is 3.00. The standard InChI is InChI=1S/C17H13BrFN3O/c18-14-6-7-16(15(19)8-14)21-17(23)13-9-20-22(11-13)10-12-4-2-1-3-5-12/h1-9,11H,10H2,(H,21,23). The molecule has 0 spiro atoms. The molecule has 6 heteroatoms. The predicted molar refractivity (Wildman–Crippen MR) is 89.8 cm³/mol. The lowest BCUT2D eigenvalue weighted by atomic mass is 10.2. The van der Waals surface area contributed by atoms with E-state index in [1.54, 1.807) is 16.9 Å². The molecule has 1 N–H and O–H groups in total. The van der Waals surface area contributed by atoms with Crippen LogP contribution in [-0.2, 0) is 6.54 Å². The second kappa shape index (κ2) is 6.75. The monoisotopic (exact) mass is 373 g/mol. The minimum atomic E-state index is -0.496. The maximum atomic E-state index is 13.8. The smallest absolute Gasteiger partial charge is 0.258 e. The maximum absolute atomic E-state index is 13.8. The molecule has 23 heavy (non-hydrogen) atoms. The first-order valence-electron chi connectivity index (χ1n) is 6.94. The number of hydrogen-bond donors (Lipinski definition) is 1. The largest absolute Gasteiger partial charge is 0.319 e. The number of nitrogens with zero attached hydrogens (tertiary/aromatic N) is 2. The van der Waals surface area contributed by atoms with E-state index in [0.717, 1.165) is 5.56 Å². The number of nitrogens with one attached hydrogen (secondary N) is 1. The van der Waals surface area contributed by atoms with E-state index >= 15 is 0 Å². The molecule has 2 aromatic carbocycles. The van der Waals surface area contributed by atoms with Gasteiger partial charge in [0.25, 0.3) is 5.91 Å². The summed E-state index contributed by atoms with van der Waals surface area (Å²) in [7, 11) is 0. The number of rotatable bonds is 4. The Morgan fingerprint density at radius 3 is 2.74 bits per heavy atom. The Morgan fingerprint density at radius 2 is 2.00 bits per heavy atom. The highest BCUT2D eigenvalue weighted by Gasteiger charge is 2.12. The van der Waals surface area contributed by atoms with E-state index in [-0.39, 0.29) is 5.69 Å². The number of anilines is 1. The summed E-state index contributed by atoms with van der Waals surface area (Å²) in [6.07, 6.45) is 3.11. The van der Waals surface area contributed by atoms with Gasteiger partial charge in [0, 0.05) is 10.7 Å². The number of aromatic nitrogens is 2. The molecule has 0 atom stereocenters. The topological polar surface area (TPSA) is 46.9 Å². The average molecular weight is 374 g/mol. The molecule has 3 aromatic rings. The van der Waals surface area contributed by atoms with Crippen molar-refractivity contribution in [1.82, 2.24) is 9.78 Å². The molecule has 0 radical (unpaired) electrons. The van der Waals surface area contributed by atoms with Gasteiger partial charge in [-0.15, -0.1) is 0 Å². The van der Waals surface area contributed by atoms with Crippen LogP contribution in [-0.4, -0.2) is 15.7 Å². The Hall–Kier alpha value is -2.47. The van der Waals surface area contributed by atoms with Gasteiger partial charge >= 0.3 is 0 Å². The van der Waals surface area contributed by atoms with Gasteiger partial charge in [-0.05, 0) is 23.8 Å². The third kappa shape index (κ3) is 3.84. The summed E-state index contributed by atoms with van der Waals surface area (Å²) in [5.41, 5.74) is 1.60. The van der Waals surface area contributed by atoms with Crippen LogP contribution >= 0.6 is 15.9 Å². The van der Waals surface area contributed by atoms with E-state index in [1.165, 1.54) is 18.3 Å². The molecule has 4 nitrogen and oxygen atoms in total. The third-order valence-corrected chi connectivity index (χ3v) is 3.76. The van der Waals surface area contributed by atoms with E-state index < -0.39 is 11.7 Å². The van der Waals surface area contributed by atoms with Crippen LogP contribution in [0.3, 0.4) is 0 Å². The molecule has 0 saturated heterocycles. The van der Waals surface area contributed by atoms with Crippen molar-refractivity contribution in [2.75, 3.05) is 5.32 Å². The summed E-state index contributed by atoms with van der Waals surface area (Å²) >= 11 is 3.18. The zero-order chi connectivity index (χ0) is 16.2. The van der Waals surface area contributed by atoms with E-state index in [0.29, 0.717) is 16.6 Å². The van der Waals surface area contributed by atoms with E-state index in [1.807, 2.05) is 30.3 Å². The summed E-state index contributed by atoms with van der Waals surface area (Å²) in [6.45, 7) is 0.570. The molecule has 1 amide bonds. The van der Waals surface area contributed by atoms with Gasteiger partial charge in [0.05, 0.1) is 24.0 Å². The Balaban J connectivity index is 1.71. The Bertz CT molecular complexity index is 833. The van der Waals surface area contributed by atoms with Crippen LogP contribution in [0.25, 0.3) is 0 Å². The van der Waals surface area contributed by atoms with Gasteiger partial charge < -0.3 is 5.32 Å². The van der Waals surface area contributed by atoms with Crippen LogP contribution in [0.5, 0.6) is 0 Å². The van der Waals surface area contributed by atoms with Crippen LogP contribution in [0.15, 0.2) is 65.4 Å². The van der Waals surface area contributed by atoms with Crippen molar-refractivity contribution in [3.8, 4) is 0 Å². The van der Waals surface area contributed by atoms with Gasteiger partial charge in [-0.1, -0.05) is 46.3 Å². The molecule has 0 bridgehead atoms. The first kappa shape index (κ1) is 15.4. The highest BCUT2D eigenvalue weighted by atomic mass is 79.9. The first-order chi connectivity index (χ1) is 11.1. The molecule has 0 aliphatic rings. The first-order valence-corrected chi connectivity index (χ1v) is 7.74. The lowest BCUT2D eigenvalue weighted by molar-refractivity contribution is 0.102. The predicted octanol–water partition coefficient (Wildman–Crippen LogP) is 4.09. The highest BCUT2D eigenvalue weighted by molar-refractivity contribution is 9.10. The fraction of sp³-hybridized carbons (Fsp3) is 0.0588. The number of carbonyl (C=O) groups excluding carboxylic acids is 1. The number of hydrogen-bond acceptors (Lipinski definition) is 2. The van der Waals surface area contributed by atoms with Crippen molar-refractivity contribution < 1.29 is 9.18 Å². The Labute approximate surface area is 141 Å². The van der Waals surface area contributed by atoms with Crippen LogP contribution in [0, 0.1) is 5.82 Å². The third-order valence-electron chi connectivity index (χ3n) is 3.26.